The molecule has 2 aromatic carbocycles. The fraction of sp³-hybridized carbons (Fsp3) is 0.672. The van der Waals surface area contributed by atoms with E-state index in [1.54, 1.807) is 12.4 Å². The number of pyridine rings is 1. The number of aliphatic hydroxyl groups excluding tert-OH is 1. The van der Waals surface area contributed by atoms with Crippen LogP contribution in [-0.4, -0.2) is 92.6 Å². The average Bonchev–Trinajstić information content (AvgIpc) is 3.39. The summed E-state index contributed by atoms with van der Waals surface area (Å²) in [5.74, 6) is -1.70. The number of nitrogens with zero attached hydrogens (tertiary/aromatic N) is 1. The molecule has 0 radical (unpaired) electrons. The summed E-state index contributed by atoms with van der Waals surface area (Å²) in [5, 5.41) is 14.0. The van der Waals surface area contributed by atoms with Gasteiger partial charge >= 0.3 is 22.3 Å². The summed E-state index contributed by atoms with van der Waals surface area (Å²) in [5.41, 5.74) is 2.65. The highest BCUT2D eigenvalue weighted by Crippen LogP contribution is 2.38. The number of hydrogen-bond acceptors (Lipinski definition) is 12. The third-order valence-electron chi connectivity index (χ3n) is 14.7. The van der Waals surface area contributed by atoms with Gasteiger partial charge in [-0.25, -0.2) is 4.18 Å². The number of aliphatic hydroxyl groups is 1. The summed E-state index contributed by atoms with van der Waals surface area (Å²) in [6.07, 6.45) is 19.9. The molecule has 3 aromatic rings. The lowest BCUT2D eigenvalue weighted by molar-refractivity contribution is -0.253. The van der Waals surface area contributed by atoms with E-state index < -0.39 is 67.3 Å². The van der Waals surface area contributed by atoms with E-state index in [2.05, 4.69) is 53.6 Å². The van der Waals surface area contributed by atoms with Gasteiger partial charge in [-0.05, 0) is 92.8 Å². The second kappa shape index (κ2) is 38.5. The molecule has 1 saturated heterocycles. The van der Waals surface area contributed by atoms with Gasteiger partial charge < -0.3 is 29.1 Å². The molecule has 1 unspecified atom stereocenters. The standard InChI is InChI=1S/C56H93NO12SSi.C5H5N/c1-7-8-9-10-11-12-13-20-31-40-47(66-50(59)41-32-21-16-14-18-25-34-45-36-27-23-28-37-45)43-49(58)57-52-54(68-51(60)42-33-22-17-15-19-26-35-46-38-29-24-30-39-46)53(69-70(62,63)64)48(67-55(52)61)44-65-71(5,6)56(2,3)4;1-2-4-6-5-3-1/h23-24,27-30,36-39,47-48,52-55,61H,7-22,25-26,31-35,40-44H2,1-6H3,(H,57,58)(H,62,63,64);1-5H/t47-,48+,52+,53+,54+,55?;/m0./s1. The third kappa shape index (κ3) is 30.8. The van der Waals surface area contributed by atoms with E-state index in [1.807, 2.05) is 76.3 Å². The number of hydrogen-bond donors (Lipinski definition) is 3. The summed E-state index contributed by atoms with van der Waals surface area (Å²) in [7, 11) is -7.66. The Balaban J connectivity index is 0.00000242. The van der Waals surface area contributed by atoms with Gasteiger partial charge in [0.15, 0.2) is 20.7 Å². The molecular weight excluding hydrogens is 1010 g/mol. The Hall–Kier alpha value is -4.03. The van der Waals surface area contributed by atoms with Crippen LogP contribution in [-0.2, 0) is 60.4 Å². The Morgan fingerprint density at radius 3 is 1.60 bits per heavy atom. The average molecular weight is 1110 g/mol. The van der Waals surface area contributed by atoms with Crippen molar-refractivity contribution in [3.63, 3.8) is 0 Å². The second-order valence-electron chi connectivity index (χ2n) is 22.3. The zero-order valence-electron chi connectivity index (χ0n) is 47.8. The fourth-order valence-corrected chi connectivity index (χ4v) is 10.6. The molecular formula is C61H98N2O12SSi. The van der Waals surface area contributed by atoms with Gasteiger partial charge in [0, 0.05) is 25.2 Å². The minimum absolute atomic E-state index is 0.00705. The van der Waals surface area contributed by atoms with Crippen molar-refractivity contribution in [2.75, 3.05) is 6.61 Å². The van der Waals surface area contributed by atoms with Gasteiger partial charge in [-0.1, -0.05) is 197 Å². The van der Waals surface area contributed by atoms with Crippen LogP contribution in [0.5, 0.6) is 0 Å². The van der Waals surface area contributed by atoms with Crippen LogP contribution in [0.2, 0.25) is 18.1 Å². The normalized spacial score (nSPS) is 18.2. The van der Waals surface area contributed by atoms with E-state index >= 15 is 0 Å². The molecule has 434 valence electrons. The van der Waals surface area contributed by atoms with Crippen LogP contribution < -0.4 is 5.32 Å². The van der Waals surface area contributed by atoms with Crippen molar-refractivity contribution in [3.8, 4) is 0 Å². The highest BCUT2D eigenvalue weighted by atomic mass is 32.3. The highest BCUT2D eigenvalue weighted by molar-refractivity contribution is 7.80. The maximum Gasteiger partial charge on any atom is 0.397 e. The summed E-state index contributed by atoms with van der Waals surface area (Å²) in [6, 6.07) is 25.0. The first-order valence-electron chi connectivity index (χ1n) is 29.1. The van der Waals surface area contributed by atoms with E-state index in [4.69, 9.17) is 22.8 Å². The molecule has 3 N–H and O–H groups in total. The van der Waals surface area contributed by atoms with Gasteiger partial charge in [0.2, 0.25) is 5.91 Å². The maximum atomic E-state index is 14.0. The number of aromatic nitrogens is 1. The lowest BCUT2D eigenvalue weighted by Crippen LogP contribution is -2.66. The van der Waals surface area contributed by atoms with E-state index in [-0.39, 0.29) is 36.9 Å². The smallest absolute Gasteiger partial charge is 0.397 e. The number of carbonyl (C=O) groups excluding carboxylic acids is 3. The fourth-order valence-electron chi connectivity index (χ4n) is 9.12. The molecule has 0 aliphatic carbocycles. The molecule has 2 heterocycles. The van der Waals surface area contributed by atoms with Crippen molar-refractivity contribution >= 4 is 36.6 Å². The van der Waals surface area contributed by atoms with Gasteiger partial charge in [0.25, 0.3) is 0 Å². The third-order valence-corrected chi connectivity index (χ3v) is 19.7. The molecule has 0 spiro atoms. The molecule has 77 heavy (non-hydrogen) atoms. The van der Waals surface area contributed by atoms with Crippen LogP contribution >= 0.6 is 0 Å². The molecule has 1 fully saturated rings. The number of esters is 2. The molecule has 16 heteroatoms. The maximum absolute atomic E-state index is 14.0. The SMILES string of the molecule is CCCCCCCCCCC[C@@H](CC(=O)N[C@H]1C(O)O[C@H](CO[Si](C)(C)C(C)(C)C)[C@@H](OS(=O)(=O)O)[C@@H]1OC(=O)CCCCCCCCc1ccccc1)OC(=O)CCCCCCCCc1ccccc1.c1ccncc1. The van der Waals surface area contributed by atoms with Gasteiger partial charge in [0.1, 0.15) is 24.4 Å². The summed E-state index contributed by atoms with van der Waals surface area (Å²) < 4.78 is 64.3. The van der Waals surface area contributed by atoms with Gasteiger partial charge in [-0.2, -0.15) is 8.42 Å². The minimum atomic E-state index is -5.18. The van der Waals surface area contributed by atoms with Crippen molar-refractivity contribution in [1.29, 1.82) is 0 Å². The monoisotopic (exact) mass is 1110 g/mol. The lowest BCUT2D eigenvalue weighted by Gasteiger charge is -2.45. The predicted octanol–water partition coefficient (Wildman–Crippen LogP) is 13.6. The molecule has 1 aliphatic heterocycles. The van der Waals surface area contributed by atoms with Crippen molar-refractivity contribution in [3.05, 3.63) is 102 Å². The Kier molecular flexibility index (Phi) is 33.7. The number of unbranched alkanes of at least 4 members (excludes halogenated alkanes) is 18. The summed E-state index contributed by atoms with van der Waals surface area (Å²) >= 11 is 0. The van der Waals surface area contributed by atoms with E-state index in [9.17, 15) is 32.5 Å². The first-order valence-corrected chi connectivity index (χ1v) is 33.4. The first kappa shape index (κ1) is 67.2. The molecule has 0 bridgehead atoms. The van der Waals surface area contributed by atoms with Crippen molar-refractivity contribution in [2.24, 2.45) is 0 Å². The van der Waals surface area contributed by atoms with Crippen LogP contribution in [0.25, 0.3) is 0 Å². The second-order valence-corrected chi connectivity index (χ2v) is 28.2. The Morgan fingerprint density at radius 1 is 0.662 bits per heavy atom. The largest absolute Gasteiger partial charge is 0.462 e. The highest BCUT2D eigenvalue weighted by Gasteiger charge is 2.52. The van der Waals surface area contributed by atoms with E-state index in [0.717, 1.165) is 103 Å². The predicted molar refractivity (Wildman–Crippen MR) is 308 cm³/mol. The van der Waals surface area contributed by atoms with Crippen LogP contribution in [0, 0.1) is 0 Å². The Morgan fingerprint density at radius 2 is 1.13 bits per heavy atom. The zero-order valence-corrected chi connectivity index (χ0v) is 49.6. The zero-order chi connectivity index (χ0) is 56.2. The van der Waals surface area contributed by atoms with Gasteiger partial charge in [-0.3, -0.25) is 23.9 Å². The van der Waals surface area contributed by atoms with Crippen molar-refractivity contribution in [2.45, 2.75) is 256 Å². The molecule has 4 rings (SSSR count). The Labute approximate surface area is 465 Å². The quantitative estimate of drug-likeness (QED) is 0.0212. The molecule has 1 amide bonds. The Bertz CT molecular complexity index is 2090. The van der Waals surface area contributed by atoms with E-state index in [0.29, 0.717) is 19.3 Å². The number of rotatable bonds is 38. The van der Waals surface area contributed by atoms with Crippen LogP contribution in [0.1, 0.15) is 199 Å². The first-order chi connectivity index (χ1) is 36.9. The van der Waals surface area contributed by atoms with Crippen molar-refractivity contribution in [1.82, 2.24) is 10.3 Å². The number of ether oxygens (including phenoxy) is 3. The number of benzene rings is 2. The minimum Gasteiger partial charge on any atom is -0.462 e. The molecule has 1 aromatic heterocycles. The van der Waals surface area contributed by atoms with Crippen LogP contribution in [0.4, 0.5) is 0 Å². The summed E-state index contributed by atoms with van der Waals surface area (Å²) in [6.45, 7) is 12.0. The number of amides is 1. The van der Waals surface area contributed by atoms with Gasteiger partial charge in [0.05, 0.1) is 13.0 Å². The number of nitrogens with one attached hydrogen (secondary N) is 1. The number of aryl methyl sites for hydroxylation is 2. The molecule has 1 aliphatic rings. The lowest BCUT2D eigenvalue weighted by atomic mass is 9.96. The van der Waals surface area contributed by atoms with Crippen LogP contribution in [0.15, 0.2) is 91.3 Å². The molecule has 6 atom stereocenters. The van der Waals surface area contributed by atoms with Crippen LogP contribution in [0.3, 0.4) is 0 Å². The number of carbonyl (C=O) groups is 3. The molecule has 0 saturated carbocycles. The van der Waals surface area contributed by atoms with E-state index in [1.165, 1.54) is 43.2 Å². The summed E-state index contributed by atoms with van der Waals surface area (Å²) in [4.78, 5) is 44.6. The van der Waals surface area contributed by atoms with Crippen molar-refractivity contribution < 1.29 is 55.3 Å². The van der Waals surface area contributed by atoms with Gasteiger partial charge in [-0.15, -0.1) is 0 Å². The molecule has 14 nitrogen and oxygen atoms in total. The topological polar surface area (TPSA) is 197 Å².